The summed E-state index contributed by atoms with van der Waals surface area (Å²) < 4.78 is 0. The smallest absolute Gasteiger partial charge is 0.252 e. The molecule has 0 aliphatic heterocycles. The van der Waals surface area contributed by atoms with Gasteiger partial charge in [-0.25, -0.2) is 0 Å². The van der Waals surface area contributed by atoms with E-state index in [1.165, 1.54) is 0 Å². The molecule has 0 bridgehead atoms. The molecule has 1 N–H and O–H groups in total. The molecule has 0 atom stereocenters. The number of halogens is 1. The van der Waals surface area contributed by atoms with E-state index in [2.05, 4.69) is 5.32 Å². The van der Waals surface area contributed by atoms with E-state index >= 15 is 0 Å². The van der Waals surface area contributed by atoms with Gasteiger partial charge in [-0.05, 0) is 13.8 Å². The van der Waals surface area contributed by atoms with Crippen LogP contribution in [-0.4, -0.2) is 13.0 Å². The van der Waals surface area contributed by atoms with Gasteiger partial charge >= 0.3 is 0 Å². The van der Waals surface area contributed by atoms with Crippen LogP contribution in [0.5, 0.6) is 0 Å². The van der Waals surface area contributed by atoms with E-state index in [0.29, 0.717) is 10.6 Å². The van der Waals surface area contributed by atoms with Gasteiger partial charge in [-0.1, -0.05) is 23.8 Å². The van der Waals surface area contributed by atoms with Gasteiger partial charge in [-0.3, -0.25) is 4.79 Å². The lowest BCUT2D eigenvalue weighted by molar-refractivity contribution is -0.116. The van der Waals surface area contributed by atoms with Gasteiger partial charge in [0.2, 0.25) is 0 Å². The SMILES string of the molecule is CC=C(Cl)C(=CC)C(=O)NC. The van der Waals surface area contributed by atoms with Crippen LogP contribution in [0.25, 0.3) is 0 Å². The highest BCUT2D eigenvalue weighted by atomic mass is 35.5. The van der Waals surface area contributed by atoms with Crippen molar-refractivity contribution in [2.45, 2.75) is 13.8 Å². The van der Waals surface area contributed by atoms with Gasteiger partial charge in [0, 0.05) is 12.1 Å². The van der Waals surface area contributed by atoms with E-state index in [-0.39, 0.29) is 5.91 Å². The number of hydrogen-bond acceptors (Lipinski definition) is 1. The van der Waals surface area contributed by atoms with Crippen LogP contribution in [0.3, 0.4) is 0 Å². The summed E-state index contributed by atoms with van der Waals surface area (Å²) >= 11 is 5.74. The highest BCUT2D eigenvalue weighted by Gasteiger charge is 2.07. The third kappa shape index (κ3) is 2.76. The zero-order valence-electron chi connectivity index (χ0n) is 6.94. The minimum atomic E-state index is -0.157. The normalized spacial score (nSPS) is 13.1. The summed E-state index contributed by atoms with van der Waals surface area (Å²) in [6, 6.07) is 0. The Morgan fingerprint density at radius 2 is 1.91 bits per heavy atom. The maximum absolute atomic E-state index is 11.0. The minimum absolute atomic E-state index is 0.157. The first kappa shape index (κ1) is 10.2. The Hall–Kier alpha value is -0.760. The minimum Gasteiger partial charge on any atom is -0.355 e. The summed E-state index contributed by atoms with van der Waals surface area (Å²) in [5.41, 5.74) is 0.511. The molecule has 0 radical (unpaired) electrons. The van der Waals surface area contributed by atoms with Crippen molar-refractivity contribution in [3.8, 4) is 0 Å². The molecular weight excluding hydrogens is 162 g/mol. The van der Waals surface area contributed by atoms with Gasteiger partial charge < -0.3 is 5.32 Å². The predicted octanol–water partition coefficient (Wildman–Crippen LogP) is 1.82. The van der Waals surface area contributed by atoms with Crippen molar-refractivity contribution in [1.29, 1.82) is 0 Å². The molecule has 0 saturated heterocycles. The molecule has 0 unspecified atom stereocenters. The van der Waals surface area contributed by atoms with Crippen molar-refractivity contribution in [1.82, 2.24) is 5.32 Å². The summed E-state index contributed by atoms with van der Waals surface area (Å²) in [4.78, 5) is 11.0. The highest BCUT2D eigenvalue weighted by molar-refractivity contribution is 6.35. The molecule has 0 aliphatic carbocycles. The van der Waals surface area contributed by atoms with Crippen molar-refractivity contribution in [3.05, 3.63) is 22.8 Å². The molecule has 0 fully saturated rings. The number of likely N-dealkylation sites (N-methyl/N-ethyl adjacent to an activating group) is 1. The van der Waals surface area contributed by atoms with Gasteiger partial charge in [0.25, 0.3) is 5.91 Å². The molecule has 1 amide bonds. The quantitative estimate of drug-likeness (QED) is 0.501. The number of hydrogen-bond donors (Lipinski definition) is 1. The molecule has 0 rings (SSSR count). The molecular formula is C8H12ClNO. The van der Waals surface area contributed by atoms with Crippen molar-refractivity contribution in [3.63, 3.8) is 0 Å². The van der Waals surface area contributed by atoms with Crippen LogP contribution in [0, 0.1) is 0 Å². The van der Waals surface area contributed by atoms with Crippen molar-refractivity contribution < 1.29 is 4.79 Å². The number of carbonyl (C=O) groups excluding carboxylic acids is 1. The van der Waals surface area contributed by atoms with Crippen LogP contribution < -0.4 is 5.32 Å². The Labute approximate surface area is 71.9 Å². The Morgan fingerprint density at radius 3 is 2.18 bits per heavy atom. The van der Waals surface area contributed by atoms with E-state index in [4.69, 9.17) is 11.6 Å². The standard InChI is InChI=1S/C8H12ClNO/c1-4-6(7(9)5-2)8(11)10-3/h4-5H,1-3H3,(H,10,11). The van der Waals surface area contributed by atoms with Gasteiger partial charge in [0.05, 0.1) is 5.57 Å². The molecule has 2 nitrogen and oxygen atoms in total. The molecule has 0 aromatic carbocycles. The Balaban J connectivity index is 4.57. The monoisotopic (exact) mass is 173 g/mol. The Kier molecular flexibility index (Phi) is 4.62. The first-order valence-corrected chi connectivity index (χ1v) is 3.75. The Bertz CT molecular complexity index is 206. The molecule has 0 aromatic rings. The summed E-state index contributed by atoms with van der Waals surface area (Å²) in [7, 11) is 1.58. The van der Waals surface area contributed by atoms with Gasteiger partial charge in [0.1, 0.15) is 0 Å². The molecule has 11 heavy (non-hydrogen) atoms. The molecule has 0 heterocycles. The molecule has 62 valence electrons. The summed E-state index contributed by atoms with van der Waals surface area (Å²) in [5.74, 6) is -0.157. The average molecular weight is 174 g/mol. The lowest BCUT2D eigenvalue weighted by atomic mass is 10.2. The lowest BCUT2D eigenvalue weighted by Crippen LogP contribution is -2.20. The Morgan fingerprint density at radius 1 is 1.36 bits per heavy atom. The van der Waals surface area contributed by atoms with Crippen molar-refractivity contribution in [2.75, 3.05) is 7.05 Å². The molecule has 0 aliphatic rings. The van der Waals surface area contributed by atoms with Crippen molar-refractivity contribution in [2.24, 2.45) is 0 Å². The third-order valence-corrected chi connectivity index (χ3v) is 1.69. The van der Waals surface area contributed by atoms with E-state index in [1.807, 2.05) is 0 Å². The summed E-state index contributed by atoms with van der Waals surface area (Å²) in [6.45, 7) is 3.56. The van der Waals surface area contributed by atoms with Gasteiger partial charge in [-0.15, -0.1) is 0 Å². The largest absolute Gasteiger partial charge is 0.355 e. The molecule has 3 heteroatoms. The van der Waals surface area contributed by atoms with Crippen LogP contribution in [0.2, 0.25) is 0 Å². The fourth-order valence-corrected chi connectivity index (χ4v) is 0.863. The van der Waals surface area contributed by atoms with Crippen LogP contribution in [0.4, 0.5) is 0 Å². The lowest BCUT2D eigenvalue weighted by Gasteiger charge is -2.02. The number of allylic oxidation sites excluding steroid dienone is 2. The van der Waals surface area contributed by atoms with Crippen LogP contribution in [0.15, 0.2) is 22.8 Å². The first-order valence-electron chi connectivity index (χ1n) is 3.38. The first-order chi connectivity index (χ1) is 5.17. The maximum atomic E-state index is 11.0. The van der Waals surface area contributed by atoms with Gasteiger partial charge in [-0.2, -0.15) is 0 Å². The van der Waals surface area contributed by atoms with Crippen LogP contribution in [-0.2, 0) is 4.79 Å². The predicted molar refractivity (Wildman–Crippen MR) is 47.4 cm³/mol. The summed E-state index contributed by atoms with van der Waals surface area (Å²) in [5, 5.41) is 2.98. The summed E-state index contributed by atoms with van der Waals surface area (Å²) in [6.07, 6.45) is 3.37. The van der Waals surface area contributed by atoms with E-state index < -0.39 is 0 Å². The van der Waals surface area contributed by atoms with Crippen LogP contribution >= 0.6 is 11.6 Å². The number of carbonyl (C=O) groups is 1. The van der Waals surface area contributed by atoms with Crippen LogP contribution in [0.1, 0.15) is 13.8 Å². The number of amides is 1. The number of nitrogens with one attached hydrogen (secondary N) is 1. The zero-order valence-corrected chi connectivity index (χ0v) is 7.70. The van der Waals surface area contributed by atoms with E-state index in [1.54, 1.807) is 33.0 Å². The van der Waals surface area contributed by atoms with Crippen molar-refractivity contribution >= 4 is 17.5 Å². The molecule has 0 aromatic heterocycles. The van der Waals surface area contributed by atoms with E-state index in [0.717, 1.165) is 0 Å². The van der Waals surface area contributed by atoms with Gasteiger partial charge in [0.15, 0.2) is 0 Å². The number of rotatable bonds is 2. The fourth-order valence-electron chi connectivity index (χ4n) is 0.668. The highest BCUT2D eigenvalue weighted by Crippen LogP contribution is 2.13. The zero-order chi connectivity index (χ0) is 8.85. The second-order valence-electron chi connectivity index (χ2n) is 1.92. The second-order valence-corrected chi connectivity index (χ2v) is 2.33. The second kappa shape index (κ2) is 4.97. The average Bonchev–Trinajstić information content (AvgIpc) is 2.05. The topological polar surface area (TPSA) is 29.1 Å². The van der Waals surface area contributed by atoms with E-state index in [9.17, 15) is 4.79 Å². The maximum Gasteiger partial charge on any atom is 0.252 e. The third-order valence-electron chi connectivity index (χ3n) is 1.27. The molecule has 0 saturated carbocycles. The molecule has 0 spiro atoms. The fraction of sp³-hybridized carbons (Fsp3) is 0.375.